The van der Waals surface area contributed by atoms with Gasteiger partial charge in [0.25, 0.3) is 11.8 Å². The molecule has 0 radical (unpaired) electrons. The third-order valence-electron chi connectivity index (χ3n) is 4.11. The van der Waals surface area contributed by atoms with Crippen molar-refractivity contribution in [1.82, 2.24) is 5.32 Å². The molecule has 1 aliphatic heterocycles. The predicted octanol–water partition coefficient (Wildman–Crippen LogP) is 2.62. The van der Waals surface area contributed by atoms with Gasteiger partial charge in [0, 0.05) is 10.5 Å². The fraction of sp³-hybridized carbons (Fsp3) is 0.222. The van der Waals surface area contributed by atoms with Crippen molar-refractivity contribution < 1.29 is 18.0 Å². The SMILES string of the molecule is O=C(Nc1ccccc1C(=O)N[C@H]1CCS(=O)(=O)C1)c1ccccc1Br. The van der Waals surface area contributed by atoms with Crippen molar-refractivity contribution >= 4 is 43.3 Å². The second-order valence-electron chi connectivity index (χ2n) is 6.05. The number of nitrogens with one attached hydrogen (secondary N) is 2. The maximum atomic E-state index is 12.6. The molecular weight excluding hydrogens is 420 g/mol. The lowest BCUT2D eigenvalue weighted by Crippen LogP contribution is -2.36. The molecule has 1 aliphatic rings. The van der Waals surface area contributed by atoms with E-state index >= 15 is 0 Å². The van der Waals surface area contributed by atoms with E-state index in [4.69, 9.17) is 0 Å². The number of halogens is 1. The van der Waals surface area contributed by atoms with E-state index in [-0.39, 0.29) is 23.0 Å². The first-order valence-electron chi connectivity index (χ1n) is 8.02. The summed E-state index contributed by atoms with van der Waals surface area (Å²) in [4.78, 5) is 25.0. The fourth-order valence-electron chi connectivity index (χ4n) is 2.80. The normalized spacial score (nSPS) is 18.3. The number of carbonyl (C=O) groups excluding carboxylic acids is 2. The molecule has 0 saturated carbocycles. The topological polar surface area (TPSA) is 92.3 Å². The summed E-state index contributed by atoms with van der Waals surface area (Å²) < 4.78 is 23.7. The van der Waals surface area contributed by atoms with E-state index in [0.717, 1.165) is 0 Å². The summed E-state index contributed by atoms with van der Waals surface area (Å²) in [6.07, 6.45) is 0.402. The molecule has 2 aromatic carbocycles. The average molecular weight is 437 g/mol. The number of anilines is 1. The van der Waals surface area contributed by atoms with Crippen LogP contribution in [-0.4, -0.2) is 37.8 Å². The van der Waals surface area contributed by atoms with Crippen LogP contribution in [0, 0.1) is 0 Å². The lowest BCUT2D eigenvalue weighted by Gasteiger charge is -2.14. The van der Waals surface area contributed by atoms with Gasteiger partial charge in [0.05, 0.1) is 28.3 Å². The van der Waals surface area contributed by atoms with Crippen LogP contribution in [0.4, 0.5) is 5.69 Å². The maximum Gasteiger partial charge on any atom is 0.256 e. The van der Waals surface area contributed by atoms with E-state index < -0.39 is 21.8 Å². The minimum absolute atomic E-state index is 0.0514. The average Bonchev–Trinajstić information content (AvgIpc) is 2.94. The van der Waals surface area contributed by atoms with Gasteiger partial charge >= 0.3 is 0 Å². The van der Waals surface area contributed by atoms with Crippen molar-refractivity contribution in [1.29, 1.82) is 0 Å². The van der Waals surface area contributed by atoms with Gasteiger partial charge in [-0.25, -0.2) is 8.42 Å². The molecule has 0 bridgehead atoms. The first-order valence-corrected chi connectivity index (χ1v) is 10.6. The summed E-state index contributed by atoms with van der Waals surface area (Å²) in [6, 6.07) is 13.2. The van der Waals surface area contributed by atoms with Gasteiger partial charge in [-0.15, -0.1) is 0 Å². The maximum absolute atomic E-state index is 12.6. The first kappa shape index (κ1) is 18.6. The molecule has 1 heterocycles. The smallest absolute Gasteiger partial charge is 0.256 e. The molecule has 0 spiro atoms. The van der Waals surface area contributed by atoms with Crippen LogP contribution in [0.3, 0.4) is 0 Å². The molecule has 8 heteroatoms. The minimum atomic E-state index is -3.08. The molecule has 26 heavy (non-hydrogen) atoms. The Balaban J connectivity index is 1.77. The number of hydrogen-bond acceptors (Lipinski definition) is 4. The van der Waals surface area contributed by atoms with Gasteiger partial charge < -0.3 is 10.6 Å². The molecule has 136 valence electrons. The lowest BCUT2D eigenvalue weighted by atomic mass is 10.1. The summed E-state index contributed by atoms with van der Waals surface area (Å²) in [5.74, 6) is -0.723. The molecule has 1 atom stereocenters. The first-order chi connectivity index (χ1) is 12.4. The summed E-state index contributed by atoms with van der Waals surface area (Å²) in [5.41, 5.74) is 1.11. The summed E-state index contributed by atoms with van der Waals surface area (Å²) in [6.45, 7) is 0. The van der Waals surface area contributed by atoms with Gasteiger partial charge in [0.2, 0.25) is 0 Å². The van der Waals surface area contributed by atoms with E-state index in [9.17, 15) is 18.0 Å². The van der Waals surface area contributed by atoms with Crippen molar-refractivity contribution in [2.24, 2.45) is 0 Å². The van der Waals surface area contributed by atoms with E-state index in [2.05, 4.69) is 26.6 Å². The number of amides is 2. The van der Waals surface area contributed by atoms with Gasteiger partial charge in [-0.1, -0.05) is 24.3 Å². The van der Waals surface area contributed by atoms with Crippen molar-refractivity contribution in [2.45, 2.75) is 12.5 Å². The van der Waals surface area contributed by atoms with Crippen molar-refractivity contribution in [3.8, 4) is 0 Å². The van der Waals surface area contributed by atoms with E-state index in [1.54, 1.807) is 48.5 Å². The third kappa shape index (κ3) is 4.31. The molecule has 0 aliphatic carbocycles. The molecule has 6 nitrogen and oxygen atoms in total. The molecule has 2 amide bonds. The van der Waals surface area contributed by atoms with E-state index in [0.29, 0.717) is 22.1 Å². The lowest BCUT2D eigenvalue weighted by molar-refractivity contribution is 0.0942. The number of carbonyl (C=O) groups is 2. The van der Waals surface area contributed by atoms with Crippen molar-refractivity contribution in [3.05, 3.63) is 64.1 Å². The highest BCUT2D eigenvalue weighted by Gasteiger charge is 2.29. The Labute approximate surface area is 160 Å². The van der Waals surface area contributed by atoms with Crippen LogP contribution in [0.2, 0.25) is 0 Å². The van der Waals surface area contributed by atoms with Crippen LogP contribution in [0.1, 0.15) is 27.1 Å². The quantitative estimate of drug-likeness (QED) is 0.770. The zero-order valence-corrected chi connectivity index (χ0v) is 16.1. The van der Waals surface area contributed by atoms with Crippen LogP contribution >= 0.6 is 15.9 Å². The Bertz CT molecular complexity index is 959. The largest absolute Gasteiger partial charge is 0.348 e. The Morgan fingerprint density at radius 3 is 2.27 bits per heavy atom. The van der Waals surface area contributed by atoms with Crippen LogP contribution < -0.4 is 10.6 Å². The van der Waals surface area contributed by atoms with E-state index in [1.165, 1.54) is 0 Å². The van der Waals surface area contributed by atoms with E-state index in [1.807, 2.05) is 0 Å². The molecule has 3 rings (SSSR count). The van der Waals surface area contributed by atoms with Gasteiger partial charge in [-0.3, -0.25) is 9.59 Å². The number of hydrogen-bond donors (Lipinski definition) is 2. The summed E-state index contributed by atoms with van der Waals surface area (Å²) in [5, 5.41) is 5.48. The molecule has 2 aromatic rings. The minimum Gasteiger partial charge on any atom is -0.348 e. The van der Waals surface area contributed by atoms with Crippen LogP contribution in [0.5, 0.6) is 0 Å². The summed E-state index contributed by atoms with van der Waals surface area (Å²) in [7, 11) is -3.08. The second kappa shape index (κ2) is 7.59. The van der Waals surface area contributed by atoms with Crippen LogP contribution in [0.15, 0.2) is 53.0 Å². The molecular formula is C18H17BrN2O4S. The number of benzene rings is 2. The highest BCUT2D eigenvalue weighted by atomic mass is 79.9. The molecule has 1 fully saturated rings. The predicted molar refractivity (Wildman–Crippen MR) is 103 cm³/mol. The Hall–Kier alpha value is -2.19. The number of para-hydroxylation sites is 1. The van der Waals surface area contributed by atoms with Gasteiger partial charge in [-0.05, 0) is 46.6 Å². The Morgan fingerprint density at radius 2 is 1.62 bits per heavy atom. The van der Waals surface area contributed by atoms with Gasteiger partial charge in [0.1, 0.15) is 0 Å². The second-order valence-corrected chi connectivity index (χ2v) is 9.14. The molecule has 0 aromatic heterocycles. The Morgan fingerprint density at radius 1 is 0.962 bits per heavy atom. The third-order valence-corrected chi connectivity index (χ3v) is 6.57. The van der Waals surface area contributed by atoms with Crippen molar-refractivity contribution in [2.75, 3.05) is 16.8 Å². The number of sulfone groups is 1. The zero-order valence-electron chi connectivity index (χ0n) is 13.7. The molecule has 1 saturated heterocycles. The highest BCUT2D eigenvalue weighted by Crippen LogP contribution is 2.21. The number of rotatable bonds is 4. The van der Waals surface area contributed by atoms with Gasteiger partial charge in [0.15, 0.2) is 9.84 Å². The van der Waals surface area contributed by atoms with Crippen molar-refractivity contribution in [3.63, 3.8) is 0 Å². The standard InChI is InChI=1S/C18H17BrN2O4S/c19-15-7-3-1-5-13(15)17(22)21-16-8-4-2-6-14(16)18(23)20-12-9-10-26(24,25)11-12/h1-8,12H,9-11H2,(H,20,23)(H,21,22)/t12-/m0/s1. The molecule has 2 N–H and O–H groups in total. The van der Waals surface area contributed by atoms with Gasteiger partial charge in [-0.2, -0.15) is 0 Å². The Kier molecular flexibility index (Phi) is 5.43. The highest BCUT2D eigenvalue weighted by molar-refractivity contribution is 9.10. The van der Waals surface area contributed by atoms with Crippen LogP contribution in [-0.2, 0) is 9.84 Å². The molecule has 0 unspecified atom stereocenters. The van der Waals surface area contributed by atoms with Crippen LogP contribution in [0.25, 0.3) is 0 Å². The summed E-state index contributed by atoms with van der Waals surface area (Å²) >= 11 is 3.33. The monoisotopic (exact) mass is 436 g/mol. The zero-order chi connectivity index (χ0) is 18.7. The fourth-order valence-corrected chi connectivity index (χ4v) is 4.94.